The minimum Gasteiger partial charge on any atom is -0.342 e. The number of carbonyl (C=O) groups excluding carboxylic acids is 2. The Bertz CT molecular complexity index is 712. The summed E-state index contributed by atoms with van der Waals surface area (Å²) in [5.41, 5.74) is 1.89. The lowest BCUT2D eigenvalue weighted by atomic mass is 9.47. The molecule has 1 heterocycles. The van der Waals surface area contributed by atoms with Crippen molar-refractivity contribution < 1.29 is 9.59 Å². The summed E-state index contributed by atoms with van der Waals surface area (Å²) in [4.78, 5) is 29.1. The highest BCUT2D eigenvalue weighted by Gasteiger charge is 2.60. The SMILES string of the molecule is CCN(CC)C(=O)/C=C1/CC[C@H]2[C@@H]3CC[C@H]4N(C)C(=O)CC[C@]4(C)[C@H]3CC[C@]12C. The van der Waals surface area contributed by atoms with Crippen LogP contribution in [0.1, 0.15) is 79.1 Å². The molecule has 0 spiro atoms. The van der Waals surface area contributed by atoms with Gasteiger partial charge >= 0.3 is 0 Å². The van der Waals surface area contributed by atoms with Crippen molar-refractivity contribution in [3.05, 3.63) is 11.6 Å². The second kappa shape index (κ2) is 7.42. The lowest BCUT2D eigenvalue weighted by Gasteiger charge is -2.61. The number of piperidine rings is 1. The number of rotatable bonds is 3. The first kappa shape index (κ1) is 20.9. The van der Waals surface area contributed by atoms with E-state index in [0.29, 0.717) is 17.9 Å². The number of allylic oxidation sites excluding steroid dienone is 1. The highest BCUT2D eigenvalue weighted by atomic mass is 16.2. The molecule has 29 heavy (non-hydrogen) atoms. The van der Waals surface area contributed by atoms with Crippen molar-refractivity contribution in [2.75, 3.05) is 20.1 Å². The molecule has 162 valence electrons. The molecule has 6 atom stereocenters. The Balaban J connectivity index is 1.58. The summed E-state index contributed by atoms with van der Waals surface area (Å²) < 4.78 is 0. The molecule has 0 aromatic heterocycles. The quantitative estimate of drug-likeness (QED) is 0.647. The number of carbonyl (C=O) groups is 2. The molecule has 0 unspecified atom stereocenters. The van der Waals surface area contributed by atoms with Crippen molar-refractivity contribution >= 4 is 11.8 Å². The number of nitrogens with zero attached hydrogens (tertiary/aromatic N) is 2. The number of hydrogen-bond donors (Lipinski definition) is 0. The Hall–Kier alpha value is -1.32. The summed E-state index contributed by atoms with van der Waals surface area (Å²) in [6.07, 6.45) is 11.0. The van der Waals surface area contributed by atoms with Gasteiger partial charge in [0, 0.05) is 38.7 Å². The Morgan fingerprint density at radius 1 is 1.07 bits per heavy atom. The molecule has 1 aliphatic heterocycles. The molecule has 0 N–H and O–H groups in total. The number of likely N-dealkylation sites (tertiary alicyclic amines) is 1. The van der Waals surface area contributed by atoms with E-state index in [1.165, 1.54) is 31.3 Å². The highest BCUT2D eigenvalue weighted by molar-refractivity contribution is 5.88. The fourth-order valence-electron chi connectivity index (χ4n) is 8.01. The predicted molar refractivity (Wildman–Crippen MR) is 116 cm³/mol. The van der Waals surface area contributed by atoms with Crippen LogP contribution in [0.2, 0.25) is 0 Å². The van der Waals surface area contributed by atoms with Crippen LogP contribution in [0.25, 0.3) is 0 Å². The van der Waals surface area contributed by atoms with E-state index in [4.69, 9.17) is 0 Å². The maximum Gasteiger partial charge on any atom is 0.246 e. The molecular weight excluding hydrogens is 360 g/mol. The van der Waals surface area contributed by atoms with E-state index in [1.54, 1.807) is 0 Å². The molecule has 1 saturated heterocycles. The van der Waals surface area contributed by atoms with Gasteiger partial charge < -0.3 is 9.80 Å². The molecule has 0 aromatic carbocycles. The summed E-state index contributed by atoms with van der Waals surface area (Å²) in [5, 5.41) is 0. The molecule has 4 rings (SSSR count). The van der Waals surface area contributed by atoms with Gasteiger partial charge in [-0.25, -0.2) is 0 Å². The van der Waals surface area contributed by atoms with E-state index < -0.39 is 0 Å². The third-order valence-corrected chi connectivity index (χ3v) is 9.78. The lowest BCUT2D eigenvalue weighted by molar-refractivity contribution is -0.156. The van der Waals surface area contributed by atoms with Crippen LogP contribution in [0.4, 0.5) is 0 Å². The largest absolute Gasteiger partial charge is 0.342 e. The van der Waals surface area contributed by atoms with Crippen LogP contribution >= 0.6 is 0 Å². The molecule has 0 bridgehead atoms. The van der Waals surface area contributed by atoms with Gasteiger partial charge in [0.05, 0.1) is 0 Å². The molecular formula is C25H40N2O2. The summed E-state index contributed by atoms with van der Waals surface area (Å²) in [6.45, 7) is 10.6. The minimum atomic E-state index is 0.198. The Labute approximate surface area is 177 Å². The van der Waals surface area contributed by atoms with Crippen molar-refractivity contribution in [2.45, 2.75) is 85.1 Å². The maximum absolute atomic E-state index is 12.8. The Morgan fingerprint density at radius 2 is 1.79 bits per heavy atom. The molecule has 4 heteroatoms. The van der Waals surface area contributed by atoms with Crippen molar-refractivity contribution in [3.63, 3.8) is 0 Å². The molecule has 4 aliphatic rings. The fraction of sp³-hybridized carbons (Fsp3) is 0.840. The standard InChI is InChI=1S/C25H40N2O2/c1-6-27(7-2)23(29)16-17-8-10-19-18-9-11-21-25(4,15-13-22(28)26(21)5)20(18)12-14-24(17,19)3/h16,18-21H,6-15H2,1-5H3/b17-16-/t18-,19-,20-,21+,24+,25+/m0/s1. The number of fused-ring (bicyclic) bond motifs is 5. The molecule has 3 aliphatic carbocycles. The minimum absolute atomic E-state index is 0.198. The monoisotopic (exact) mass is 400 g/mol. The number of likely N-dealkylation sites (N-methyl/N-ethyl adjacent to an activating group) is 1. The van der Waals surface area contributed by atoms with E-state index >= 15 is 0 Å². The van der Waals surface area contributed by atoms with Gasteiger partial charge in [-0.05, 0) is 87.4 Å². The molecule has 2 amide bonds. The van der Waals surface area contributed by atoms with Gasteiger partial charge in [-0.15, -0.1) is 0 Å². The van der Waals surface area contributed by atoms with Gasteiger partial charge in [0.2, 0.25) is 11.8 Å². The zero-order chi connectivity index (χ0) is 21.0. The lowest BCUT2D eigenvalue weighted by Crippen LogP contribution is -2.61. The van der Waals surface area contributed by atoms with Gasteiger partial charge in [0.1, 0.15) is 0 Å². The molecule has 0 radical (unpaired) electrons. The topological polar surface area (TPSA) is 40.6 Å². The average Bonchev–Trinajstić information content (AvgIpc) is 3.02. The van der Waals surface area contributed by atoms with Crippen LogP contribution < -0.4 is 0 Å². The molecule has 0 aromatic rings. The number of amides is 2. The third-order valence-electron chi connectivity index (χ3n) is 9.78. The first-order valence-corrected chi connectivity index (χ1v) is 12.0. The van der Waals surface area contributed by atoms with Crippen LogP contribution in [0.5, 0.6) is 0 Å². The van der Waals surface area contributed by atoms with E-state index in [9.17, 15) is 9.59 Å². The second-order valence-corrected chi connectivity index (χ2v) is 10.7. The molecule has 4 fully saturated rings. The van der Waals surface area contributed by atoms with Crippen molar-refractivity contribution in [1.29, 1.82) is 0 Å². The van der Waals surface area contributed by atoms with E-state index in [1.807, 2.05) is 18.0 Å². The van der Waals surface area contributed by atoms with Crippen LogP contribution in [-0.4, -0.2) is 47.8 Å². The third kappa shape index (κ3) is 3.08. The van der Waals surface area contributed by atoms with Crippen LogP contribution in [0, 0.1) is 28.6 Å². The molecule has 4 nitrogen and oxygen atoms in total. The van der Waals surface area contributed by atoms with E-state index in [2.05, 4.69) is 32.6 Å². The van der Waals surface area contributed by atoms with Gasteiger partial charge in [-0.1, -0.05) is 19.4 Å². The molecule has 3 saturated carbocycles. The summed E-state index contributed by atoms with van der Waals surface area (Å²) in [6, 6.07) is 0.426. The van der Waals surface area contributed by atoms with Crippen molar-refractivity contribution in [2.24, 2.45) is 28.6 Å². The van der Waals surface area contributed by atoms with Crippen LogP contribution in [-0.2, 0) is 9.59 Å². The van der Waals surface area contributed by atoms with Crippen molar-refractivity contribution in [3.8, 4) is 0 Å². The normalized spacial score (nSPS) is 43.0. The highest BCUT2D eigenvalue weighted by Crippen LogP contribution is 2.66. The maximum atomic E-state index is 12.8. The Morgan fingerprint density at radius 3 is 2.48 bits per heavy atom. The zero-order valence-electron chi connectivity index (χ0n) is 19.2. The summed E-state index contributed by atoms with van der Waals surface area (Å²) in [5.74, 6) is 2.74. The summed E-state index contributed by atoms with van der Waals surface area (Å²) in [7, 11) is 2.03. The second-order valence-electron chi connectivity index (χ2n) is 10.7. The van der Waals surface area contributed by atoms with Crippen molar-refractivity contribution in [1.82, 2.24) is 9.80 Å². The smallest absolute Gasteiger partial charge is 0.246 e. The van der Waals surface area contributed by atoms with Gasteiger partial charge in [0.25, 0.3) is 0 Å². The van der Waals surface area contributed by atoms with Crippen LogP contribution in [0.3, 0.4) is 0 Å². The van der Waals surface area contributed by atoms with E-state index in [-0.39, 0.29) is 16.7 Å². The fourth-order valence-corrected chi connectivity index (χ4v) is 8.01. The van der Waals surface area contributed by atoms with Gasteiger partial charge in [-0.2, -0.15) is 0 Å². The Kier molecular flexibility index (Phi) is 5.36. The number of hydrogen-bond acceptors (Lipinski definition) is 2. The first-order chi connectivity index (χ1) is 13.8. The predicted octanol–water partition coefficient (Wildman–Crippen LogP) is 4.64. The zero-order valence-corrected chi connectivity index (χ0v) is 19.2. The van der Waals surface area contributed by atoms with Gasteiger partial charge in [0.15, 0.2) is 0 Å². The van der Waals surface area contributed by atoms with Gasteiger partial charge in [-0.3, -0.25) is 9.59 Å². The van der Waals surface area contributed by atoms with Crippen LogP contribution in [0.15, 0.2) is 11.6 Å². The van der Waals surface area contributed by atoms with E-state index in [0.717, 1.165) is 50.6 Å². The average molecular weight is 401 g/mol. The summed E-state index contributed by atoms with van der Waals surface area (Å²) >= 11 is 0. The first-order valence-electron chi connectivity index (χ1n) is 12.0.